The van der Waals surface area contributed by atoms with Crippen molar-refractivity contribution in [2.75, 3.05) is 5.32 Å². The maximum absolute atomic E-state index is 11.9. The molecule has 0 aliphatic rings. The zero-order valence-electron chi connectivity index (χ0n) is 11.1. The number of nitrogens with zero attached hydrogens (tertiary/aromatic N) is 1. The second-order valence-electron chi connectivity index (χ2n) is 4.38. The van der Waals surface area contributed by atoms with E-state index in [1.54, 1.807) is 37.3 Å². The van der Waals surface area contributed by atoms with Gasteiger partial charge in [-0.25, -0.2) is 4.98 Å². The molecule has 1 aromatic carbocycles. The van der Waals surface area contributed by atoms with Crippen molar-refractivity contribution in [3.63, 3.8) is 0 Å². The van der Waals surface area contributed by atoms with Gasteiger partial charge in [-0.3, -0.25) is 4.79 Å². The molecule has 0 aliphatic carbocycles. The highest BCUT2D eigenvalue weighted by Crippen LogP contribution is 2.23. The summed E-state index contributed by atoms with van der Waals surface area (Å²) in [5.74, 6) is 0.391. The molecule has 2 heterocycles. The van der Waals surface area contributed by atoms with Gasteiger partial charge in [0.25, 0.3) is 0 Å². The number of thiophene rings is 1. The van der Waals surface area contributed by atoms with Crippen LogP contribution in [0, 0.1) is 6.92 Å². The van der Waals surface area contributed by atoms with Gasteiger partial charge in [-0.15, -0.1) is 11.3 Å². The molecular weight excluding hydrogens is 308 g/mol. The van der Waals surface area contributed by atoms with Crippen LogP contribution in [0.4, 0.5) is 5.69 Å². The third kappa shape index (κ3) is 3.32. The van der Waals surface area contributed by atoms with Crippen LogP contribution in [-0.4, -0.2) is 10.9 Å². The van der Waals surface area contributed by atoms with Crippen molar-refractivity contribution in [1.82, 2.24) is 4.98 Å². The van der Waals surface area contributed by atoms with E-state index in [2.05, 4.69) is 10.3 Å². The van der Waals surface area contributed by atoms with Gasteiger partial charge in [-0.2, -0.15) is 0 Å². The van der Waals surface area contributed by atoms with Crippen LogP contribution in [-0.2, 0) is 4.79 Å². The van der Waals surface area contributed by atoms with E-state index in [0.717, 1.165) is 10.4 Å². The standard InChI is InChI=1S/C15H11ClN2O2S/c1-9-17-12-8-10(2-5-13(12)20-9)18-15(19)7-4-11-3-6-14(16)21-11/h2-8H,1H3,(H,18,19)/b7-4+. The number of aryl methyl sites for hydroxylation is 1. The number of carbonyl (C=O) groups is 1. The molecule has 0 atom stereocenters. The second kappa shape index (κ2) is 5.71. The molecule has 6 heteroatoms. The number of carbonyl (C=O) groups excluding carboxylic acids is 1. The molecule has 21 heavy (non-hydrogen) atoms. The van der Waals surface area contributed by atoms with Crippen LogP contribution < -0.4 is 5.32 Å². The molecule has 0 unspecified atom stereocenters. The van der Waals surface area contributed by atoms with E-state index in [-0.39, 0.29) is 5.91 Å². The number of oxazole rings is 1. The third-order valence-electron chi connectivity index (χ3n) is 2.75. The Morgan fingerprint density at radius 2 is 2.24 bits per heavy atom. The fourth-order valence-electron chi connectivity index (χ4n) is 1.88. The lowest BCUT2D eigenvalue weighted by molar-refractivity contribution is -0.111. The Morgan fingerprint density at radius 3 is 3.00 bits per heavy atom. The summed E-state index contributed by atoms with van der Waals surface area (Å²) in [7, 11) is 0. The number of nitrogens with one attached hydrogen (secondary N) is 1. The molecule has 0 fully saturated rings. The van der Waals surface area contributed by atoms with Crippen molar-refractivity contribution in [1.29, 1.82) is 0 Å². The molecule has 4 nitrogen and oxygen atoms in total. The molecule has 0 spiro atoms. The smallest absolute Gasteiger partial charge is 0.248 e. The highest BCUT2D eigenvalue weighted by Gasteiger charge is 2.04. The van der Waals surface area contributed by atoms with E-state index < -0.39 is 0 Å². The minimum absolute atomic E-state index is 0.209. The minimum Gasteiger partial charge on any atom is -0.441 e. The normalized spacial score (nSPS) is 11.3. The molecule has 106 valence electrons. The summed E-state index contributed by atoms with van der Waals surface area (Å²) in [5.41, 5.74) is 2.10. The summed E-state index contributed by atoms with van der Waals surface area (Å²) in [5, 5.41) is 2.78. The maximum atomic E-state index is 11.9. The maximum Gasteiger partial charge on any atom is 0.248 e. The van der Waals surface area contributed by atoms with Crippen LogP contribution in [0.1, 0.15) is 10.8 Å². The average molecular weight is 319 g/mol. The van der Waals surface area contributed by atoms with Crippen LogP contribution in [0.2, 0.25) is 4.34 Å². The Bertz CT molecular complexity index is 835. The van der Waals surface area contributed by atoms with Crippen molar-refractivity contribution in [2.24, 2.45) is 0 Å². The van der Waals surface area contributed by atoms with Crippen molar-refractivity contribution < 1.29 is 9.21 Å². The largest absolute Gasteiger partial charge is 0.441 e. The summed E-state index contributed by atoms with van der Waals surface area (Å²) in [6.07, 6.45) is 3.20. The quantitative estimate of drug-likeness (QED) is 0.723. The summed E-state index contributed by atoms with van der Waals surface area (Å²) in [4.78, 5) is 17.0. The third-order valence-corrected chi connectivity index (χ3v) is 3.95. The number of hydrogen-bond donors (Lipinski definition) is 1. The zero-order valence-corrected chi connectivity index (χ0v) is 12.7. The van der Waals surface area contributed by atoms with Gasteiger partial charge in [0, 0.05) is 23.6 Å². The molecule has 0 bridgehead atoms. The molecule has 3 aromatic rings. The highest BCUT2D eigenvalue weighted by molar-refractivity contribution is 7.17. The van der Waals surface area contributed by atoms with Crippen LogP contribution in [0.25, 0.3) is 17.2 Å². The molecular formula is C15H11ClN2O2S. The topological polar surface area (TPSA) is 55.1 Å². The summed E-state index contributed by atoms with van der Waals surface area (Å²) in [6.45, 7) is 1.78. The zero-order chi connectivity index (χ0) is 14.8. The molecule has 1 amide bonds. The van der Waals surface area contributed by atoms with Crippen LogP contribution in [0.15, 0.2) is 40.8 Å². The van der Waals surface area contributed by atoms with Gasteiger partial charge in [0.15, 0.2) is 11.5 Å². The first-order valence-electron chi connectivity index (χ1n) is 6.22. The van der Waals surface area contributed by atoms with Crippen molar-refractivity contribution in [2.45, 2.75) is 6.92 Å². The Balaban J connectivity index is 1.72. The number of aromatic nitrogens is 1. The van der Waals surface area contributed by atoms with Gasteiger partial charge < -0.3 is 9.73 Å². The van der Waals surface area contributed by atoms with E-state index >= 15 is 0 Å². The Labute approximate surface area is 130 Å². The number of benzene rings is 1. The fraction of sp³-hybridized carbons (Fsp3) is 0.0667. The van der Waals surface area contributed by atoms with E-state index in [1.807, 2.05) is 6.07 Å². The highest BCUT2D eigenvalue weighted by atomic mass is 35.5. The summed E-state index contributed by atoms with van der Waals surface area (Å²) < 4.78 is 6.08. The molecule has 0 aliphatic heterocycles. The number of amides is 1. The molecule has 3 rings (SSSR count). The lowest BCUT2D eigenvalue weighted by Gasteiger charge is -2.00. The number of halogens is 1. The second-order valence-corrected chi connectivity index (χ2v) is 6.13. The number of rotatable bonds is 3. The average Bonchev–Trinajstić information content (AvgIpc) is 3.01. The minimum atomic E-state index is -0.209. The van der Waals surface area contributed by atoms with Crippen LogP contribution in [0.3, 0.4) is 0 Å². The first-order chi connectivity index (χ1) is 10.1. The van der Waals surface area contributed by atoms with Crippen molar-refractivity contribution in [3.8, 4) is 0 Å². The van der Waals surface area contributed by atoms with Crippen LogP contribution in [0.5, 0.6) is 0 Å². The van der Waals surface area contributed by atoms with Gasteiger partial charge in [-0.05, 0) is 36.4 Å². The van der Waals surface area contributed by atoms with Gasteiger partial charge in [0.1, 0.15) is 5.52 Å². The fourth-order valence-corrected chi connectivity index (χ4v) is 2.84. The number of hydrogen-bond acceptors (Lipinski definition) is 4. The van der Waals surface area contributed by atoms with Crippen molar-refractivity contribution in [3.05, 3.63) is 51.5 Å². The van der Waals surface area contributed by atoms with Gasteiger partial charge in [-0.1, -0.05) is 11.6 Å². The number of anilines is 1. The molecule has 1 N–H and O–H groups in total. The van der Waals surface area contributed by atoms with E-state index in [1.165, 1.54) is 17.4 Å². The Morgan fingerprint density at radius 1 is 1.38 bits per heavy atom. The van der Waals surface area contributed by atoms with E-state index in [0.29, 0.717) is 21.5 Å². The van der Waals surface area contributed by atoms with Gasteiger partial charge in [0.2, 0.25) is 5.91 Å². The first kappa shape index (κ1) is 13.9. The predicted molar refractivity (Wildman–Crippen MR) is 85.7 cm³/mol. The predicted octanol–water partition coefficient (Wildman–Crippen LogP) is 4.50. The Hall–Kier alpha value is -2.11. The number of fused-ring (bicyclic) bond motifs is 1. The SMILES string of the molecule is Cc1nc2cc(NC(=O)/C=C/c3ccc(Cl)s3)ccc2o1. The van der Waals surface area contributed by atoms with Gasteiger partial charge >= 0.3 is 0 Å². The molecule has 0 radical (unpaired) electrons. The van der Waals surface area contributed by atoms with Crippen molar-refractivity contribution >= 4 is 51.7 Å². The van der Waals surface area contributed by atoms with Gasteiger partial charge in [0.05, 0.1) is 4.34 Å². The first-order valence-corrected chi connectivity index (χ1v) is 7.41. The molecule has 2 aromatic heterocycles. The lowest BCUT2D eigenvalue weighted by atomic mass is 10.3. The van der Waals surface area contributed by atoms with E-state index in [9.17, 15) is 4.79 Å². The summed E-state index contributed by atoms with van der Waals surface area (Å²) in [6, 6.07) is 9.00. The molecule has 0 saturated heterocycles. The Kier molecular flexibility index (Phi) is 3.77. The summed E-state index contributed by atoms with van der Waals surface area (Å²) >= 11 is 7.25. The van der Waals surface area contributed by atoms with Crippen LogP contribution >= 0.6 is 22.9 Å². The lowest BCUT2D eigenvalue weighted by Crippen LogP contribution is -2.07. The molecule has 0 saturated carbocycles. The van der Waals surface area contributed by atoms with E-state index in [4.69, 9.17) is 16.0 Å². The monoisotopic (exact) mass is 318 g/mol.